The first-order valence-corrected chi connectivity index (χ1v) is 5.61. The zero-order valence-electron chi connectivity index (χ0n) is 8.89. The molecular formula is C12H12ClNO2. The lowest BCUT2D eigenvalue weighted by Crippen LogP contribution is -2.16. The maximum Gasteiger partial charge on any atom is 0.254 e. The van der Waals surface area contributed by atoms with Crippen LogP contribution in [0.4, 0.5) is 0 Å². The normalized spacial score (nSPS) is 23.0. The molecule has 0 aliphatic carbocycles. The SMILES string of the molecule is CCC1[C@@H](C(=O)Cl)N1C(=O)c1ccccc1. The lowest BCUT2D eigenvalue weighted by Gasteiger charge is -2.02. The average Bonchev–Trinajstić information content (AvgIpc) is 3.03. The molecule has 1 aromatic rings. The number of hydrogen-bond donors (Lipinski definition) is 0. The van der Waals surface area contributed by atoms with Crippen LogP contribution in [0.15, 0.2) is 30.3 Å². The van der Waals surface area contributed by atoms with Crippen molar-refractivity contribution in [3.8, 4) is 0 Å². The quantitative estimate of drug-likeness (QED) is 0.596. The van der Waals surface area contributed by atoms with Crippen LogP contribution < -0.4 is 0 Å². The minimum atomic E-state index is -0.448. The van der Waals surface area contributed by atoms with Gasteiger partial charge in [-0.05, 0) is 30.2 Å². The lowest BCUT2D eigenvalue weighted by molar-refractivity contribution is -0.111. The molecule has 3 nitrogen and oxygen atoms in total. The second-order valence-electron chi connectivity index (χ2n) is 3.80. The second kappa shape index (κ2) is 4.26. The first-order chi connectivity index (χ1) is 7.66. The summed E-state index contributed by atoms with van der Waals surface area (Å²) in [7, 11) is 0. The number of carbonyl (C=O) groups excluding carboxylic acids is 2. The molecule has 2 atom stereocenters. The summed E-state index contributed by atoms with van der Waals surface area (Å²) in [5.74, 6) is -0.119. The number of rotatable bonds is 3. The van der Waals surface area contributed by atoms with Gasteiger partial charge < -0.3 is 4.90 Å². The molecule has 1 fully saturated rings. The first kappa shape index (κ1) is 11.1. The summed E-state index contributed by atoms with van der Waals surface area (Å²) < 4.78 is 0. The van der Waals surface area contributed by atoms with Crippen LogP contribution >= 0.6 is 11.6 Å². The first-order valence-electron chi connectivity index (χ1n) is 5.24. The Balaban J connectivity index is 2.16. The van der Waals surface area contributed by atoms with E-state index in [1.54, 1.807) is 29.2 Å². The average molecular weight is 238 g/mol. The molecule has 0 aromatic heterocycles. The van der Waals surface area contributed by atoms with Crippen molar-refractivity contribution < 1.29 is 9.59 Å². The Morgan fingerprint density at radius 2 is 1.94 bits per heavy atom. The Kier molecular flexibility index (Phi) is 2.97. The van der Waals surface area contributed by atoms with Gasteiger partial charge in [-0.3, -0.25) is 9.59 Å². The summed E-state index contributed by atoms with van der Waals surface area (Å²) in [4.78, 5) is 24.6. The number of carbonyl (C=O) groups is 2. The molecule has 1 aliphatic heterocycles. The molecule has 1 aromatic carbocycles. The molecule has 0 saturated carbocycles. The van der Waals surface area contributed by atoms with Gasteiger partial charge in [0.25, 0.3) is 5.91 Å². The van der Waals surface area contributed by atoms with Gasteiger partial charge in [0.2, 0.25) is 5.24 Å². The van der Waals surface area contributed by atoms with Crippen molar-refractivity contribution in [2.24, 2.45) is 0 Å². The van der Waals surface area contributed by atoms with E-state index >= 15 is 0 Å². The van der Waals surface area contributed by atoms with Crippen molar-refractivity contribution in [1.82, 2.24) is 4.90 Å². The standard InChI is InChI=1S/C12H12ClNO2/c1-2-9-10(11(13)15)14(9)12(16)8-6-4-3-5-7-8/h3-7,9-10H,2H2,1H3/t9?,10-,14?/m0/s1. The highest BCUT2D eigenvalue weighted by Crippen LogP contribution is 2.34. The summed E-state index contributed by atoms with van der Waals surface area (Å²) >= 11 is 5.44. The van der Waals surface area contributed by atoms with E-state index in [0.717, 1.165) is 6.42 Å². The highest BCUT2D eigenvalue weighted by atomic mass is 35.5. The van der Waals surface area contributed by atoms with Gasteiger partial charge in [-0.15, -0.1) is 0 Å². The number of halogens is 1. The summed E-state index contributed by atoms with van der Waals surface area (Å²) in [5, 5.41) is -0.448. The zero-order chi connectivity index (χ0) is 11.7. The monoisotopic (exact) mass is 237 g/mol. The summed E-state index contributed by atoms with van der Waals surface area (Å²) in [6.45, 7) is 1.94. The Hall–Kier alpha value is -1.35. The lowest BCUT2D eigenvalue weighted by atomic mass is 10.2. The summed E-state index contributed by atoms with van der Waals surface area (Å²) in [6.07, 6.45) is 0.752. The molecular weight excluding hydrogens is 226 g/mol. The van der Waals surface area contributed by atoms with E-state index in [4.69, 9.17) is 11.6 Å². The largest absolute Gasteiger partial charge is 0.320 e. The van der Waals surface area contributed by atoms with Crippen molar-refractivity contribution >= 4 is 22.8 Å². The molecule has 1 unspecified atom stereocenters. The highest BCUT2D eigenvalue weighted by Gasteiger charge is 2.53. The van der Waals surface area contributed by atoms with E-state index in [9.17, 15) is 9.59 Å². The van der Waals surface area contributed by atoms with Gasteiger partial charge in [0.1, 0.15) is 6.04 Å². The van der Waals surface area contributed by atoms with E-state index in [0.29, 0.717) is 5.56 Å². The molecule has 0 N–H and O–H groups in total. The number of hydrogen-bond acceptors (Lipinski definition) is 2. The number of nitrogens with zero attached hydrogens (tertiary/aromatic N) is 1. The van der Waals surface area contributed by atoms with Gasteiger partial charge in [0.05, 0.1) is 6.04 Å². The molecule has 1 amide bonds. The summed E-state index contributed by atoms with van der Waals surface area (Å²) in [5.41, 5.74) is 0.598. The maximum atomic E-state index is 12.0. The topological polar surface area (TPSA) is 37.1 Å². The molecule has 1 heterocycles. The Bertz CT molecular complexity index is 418. The van der Waals surface area contributed by atoms with Gasteiger partial charge >= 0.3 is 0 Å². The fourth-order valence-electron chi connectivity index (χ4n) is 1.97. The van der Waals surface area contributed by atoms with Crippen LogP contribution in [0.2, 0.25) is 0 Å². The van der Waals surface area contributed by atoms with Crippen molar-refractivity contribution in [3.05, 3.63) is 35.9 Å². The fraction of sp³-hybridized carbons (Fsp3) is 0.333. The predicted molar refractivity (Wildman–Crippen MR) is 61.3 cm³/mol. The van der Waals surface area contributed by atoms with Crippen molar-refractivity contribution in [3.63, 3.8) is 0 Å². The van der Waals surface area contributed by atoms with E-state index in [-0.39, 0.29) is 11.9 Å². The molecule has 4 heteroatoms. The van der Waals surface area contributed by atoms with Crippen LogP contribution in [0.25, 0.3) is 0 Å². The van der Waals surface area contributed by atoms with E-state index < -0.39 is 11.3 Å². The number of amides is 1. The minimum Gasteiger partial charge on any atom is -0.320 e. The van der Waals surface area contributed by atoms with E-state index in [1.165, 1.54) is 0 Å². The predicted octanol–water partition coefficient (Wildman–Crippen LogP) is 2.06. The van der Waals surface area contributed by atoms with Gasteiger partial charge in [-0.2, -0.15) is 0 Å². The van der Waals surface area contributed by atoms with Gasteiger partial charge in [-0.1, -0.05) is 25.1 Å². The third-order valence-corrected chi connectivity index (χ3v) is 3.06. The third kappa shape index (κ3) is 1.83. The number of benzene rings is 1. The Labute approximate surface area is 99.0 Å². The minimum absolute atomic E-state index is 0.0299. The zero-order valence-corrected chi connectivity index (χ0v) is 9.65. The van der Waals surface area contributed by atoms with Crippen LogP contribution in [-0.2, 0) is 4.79 Å². The van der Waals surface area contributed by atoms with Crippen molar-refractivity contribution in [2.75, 3.05) is 0 Å². The Morgan fingerprint density at radius 1 is 1.31 bits per heavy atom. The smallest absolute Gasteiger partial charge is 0.254 e. The van der Waals surface area contributed by atoms with Gasteiger partial charge in [0, 0.05) is 5.56 Å². The molecule has 0 radical (unpaired) electrons. The van der Waals surface area contributed by atoms with E-state index in [2.05, 4.69) is 0 Å². The van der Waals surface area contributed by atoms with Crippen LogP contribution in [0.5, 0.6) is 0 Å². The van der Waals surface area contributed by atoms with Crippen LogP contribution in [0, 0.1) is 0 Å². The molecule has 84 valence electrons. The molecule has 0 spiro atoms. The van der Waals surface area contributed by atoms with Crippen LogP contribution in [0.3, 0.4) is 0 Å². The molecule has 1 saturated heterocycles. The maximum absolute atomic E-state index is 12.0. The van der Waals surface area contributed by atoms with Crippen LogP contribution in [-0.4, -0.2) is 28.1 Å². The fourth-order valence-corrected chi connectivity index (χ4v) is 2.22. The second-order valence-corrected chi connectivity index (χ2v) is 4.18. The van der Waals surface area contributed by atoms with Gasteiger partial charge in [-0.25, -0.2) is 0 Å². The van der Waals surface area contributed by atoms with Gasteiger partial charge in [0.15, 0.2) is 0 Å². The molecule has 0 bridgehead atoms. The summed E-state index contributed by atoms with van der Waals surface area (Å²) in [6, 6.07) is 8.47. The third-order valence-electron chi connectivity index (χ3n) is 2.84. The van der Waals surface area contributed by atoms with Crippen molar-refractivity contribution in [2.45, 2.75) is 25.4 Å². The highest BCUT2D eigenvalue weighted by molar-refractivity contribution is 6.65. The van der Waals surface area contributed by atoms with Crippen LogP contribution in [0.1, 0.15) is 23.7 Å². The molecule has 1 aliphatic rings. The Morgan fingerprint density at radius 3 is 2.38 bits per heavy atom. The van der Waals surface area contributed by atoms with E-state index in [1.807, 2.05) is 13.0 Å². The van der Waals surface area contributed by atoms with Crippen molar-refractivity contribution in [1.29, 1.82) is 0 Å². The molecule has 2 rings (SSSR count). The molecule has 16 heavy (non-hydrogen) atoms.